The summed E-state index contributed by atoms with van der Waals surface area (Å²) >= 11 is 24.9. The van der Waals surface area contributed by atoms with Gasteiger partial charge in [-0.25, -0.2) is 0 Å². The molecule has 0 saturated carbocycles. The molecule has 13 heteroatoms. The van der Waals surface area contributed by atoms with E-state index in [0.29, 0.717) is 31.6 Å². The van der Waals surface area contributed by atoms with Gasteiger partial charge in [-0.05, 0) is 36.4 Å². The third-order valence-corrected chi connectivity index (χ3v) is 5.72. The van der Waals surface area contributed by atoms with E-state index in [1.54, 1.807) is 75.0 Å². The lowest BCUT2D eigenvalue weighted by molar-refractivity contribution is -0.308. The van der Waals surface area contributed by atoms with Crippen LogP contribution in [0.4, 0.5) is 0 Å². The Morgan fingerprint density at radius 3 is 1.37 bits per heavy atom. The maximum absolute atomic E-state index is 6.52. The smallest absolute Gasteiger partial charge is 0.232 e. The zero-order valence-electron chi connectivity index (χ0n) is 18.6. The van der Waals surface area contributed by atoms with Gasteiger partial charge in [0.1, 0.15) is 24.6 Å². The standard InChI is InChI=1S/C22H20Cl4N6O3/c1-21(13-31-27-7-8-28-31,33-19-5-3-15(23)11-17(19)25)35-22(2,14-32-29-9-10-30-32)34-20-6-4-16(24)12-18(20)26/h3-12H,13-14H2,1-2H3. The van der Waals surface area contributed by atoms with Gasteiger partial charge in [0.15, 0.2) is 0 Å². The van der Waals surface area contributed by atoms with E-state index in [-0.39, 0.29) is 13.1 Å². The van der Waals surface area contributed by atoms with Gasteiger partial charge in [-0.3, -0.25) is 4.74 Å². The molecule has 2 heterocycles. The van der Waals surface area contributed by atoms with E-state index in [0.717, 1.165) is 0 Å². The van der Waals surface area contributed by atoms with Gasteiger partial charge in [0.25, 0.3) is 0 Å². The first kappa shape index (κ1) is 25.5. The summed E-state index contributed by atoms with van der Waals surface area (Å²) in [6.07, 6.45) is 6.19. The van der Waals surface area contributed by atoms with Crippen LogP contribution in [0.15, 0.2) is 61.2 Å². The van der Waals surface area contributed by atoms with Crippen LogP contribution in [-0.2, 0) is 17.8 Å². The first-order valence-corrected chi connectivity index (χ1v) is 11.8. The van der Waals surface area contributed by atoms with Crippen LogP contribution in [0.25, 0.3) is 0 Å². The number of aromatic nitrogens is 6. The highest BCUT2D eigenvalue weighted by Crippen LogP contribution is 2.36. The van der Waals surface area contributed by atoms with Crippen LogP contribution in [0.1, 0.15) is 13.8 Å². The van der Waals surface area contributed by atoms with Crippen LogP contribution in [0, 0.1) is 0 Å². The van der Waals surface area contributed by atoms with E-state index >= 15 is 0 Å². The maximum Gasteiger partial charge on any atom is 0.232 e. The molecule has 4 rings (SSSR count). The molecule has 0 bridgehead atoms. The second-order valence-corrected chi connectivity index (χ2v) is 9.53. The number of hydrogen-bond donors (Lipinski definition) is 0. The van der Waals surface area contributed by atoms with E-state index in [1.807, 2.05) is 0 Å². The number of benzene rings is 2. The summed E-state index contributed by atoms with van der Waals surface area (Å²) in [4.78, 5) is 2.84. The van der Waals surface area contributed by atoms with Crippen molar-refractivity contribution >= 4 is 46.4 Å². The molecule has 184 valence electrons. The normalized spacial score (nSPS) is 14.8. The van der Waals surface area contributed by atoms with Crippen LogP contribution >= 0.6 is 46.4 Å². The number of hydrogen-bond acceptors (Lipinski definition) is 7. The van der Waals surface area contributed by atoms with Crippen LogP contribution in [0.5, 0.6) is 11.5 Å². The van der Waals surface area contributed by atoms with Crippen molar-refractivity contribution in [1.29, 1.82) is 0 Å². The fraction of sp³-hybridized carbons (Fsp3) is 0.273. The van der Waals surface area contributed by atoms with E-state index in [9.17, 15) is 0 Å². The fourth-order valence-electron chi connectivity index (χ4n) is 3.37. The molecule has 2 aromatic heterocycles. The third kappa shape index (κ3) is 6.77. The lowest BCUT2D eigenvalue weighted by Gasteiger charge is -2.39. The molecule has 0 saturated heterocycles. The minimum absolute atomic E-state index is 0.0821. The molecule has 2 aromatic carbocycles. The van der Waals surface area contributed by atoms with E-state index < -0.39 is 11.6 Å². The molecule has 35 heavy (non-hydrogen) atoms. The Labute approximate surface area is 221 Å². The van der Waals surface area contributed by atoms with Gasteiger partial charge in [-0.1, -0.05) is 46.4 Å². The minimum atomic E-state index is -1.39. The molecule has 2 atom stereocenters. The zero-order valence-corrected chi connectivity index (χ0v) is 21.6. The Hall–Kier alpha value is -2.56. The molecule has 0 aliphatic carbocycles. The first-order valence-electron chi connectivity index (χ1n) is 10.3. The second kappa shape index (κ2) is 10.6. The van der Waals surface area contributed by atoms with Gasteiger partial charge >= 0.3 is 0 Å². The first-order chi connectivity index (χ1) is 16.6. The van der Waals surface area contributed by atoms with E-state index in [2.05, 4.69) is 20.4 Å². The number of nitrogens with zero attached hydrogens (tertiary/aromatic N) is 6. The average Bonchev–Trinajstić information content (AvgIpc) is 3.46. The Kier molecular flexibility index (Phi) is 7.73. The van der Waals surface area contributed by atoms with Crippen molar-refractivity contribution in [3.63, 3.8) is 0 Å². The highest BCUT2D eigenvalue weighted by atomic mass is 35.5. The molecular weight excluding hydrogens is 538 g/mol. The van der Waals surface area contributed by atoms with Gasteiger partial charge in [0.2, 0.25) is 11.6 Å². The Bertz CT molecular complexity index is 1180. The van der Waals surface area contributed by atoms with Gasteiger partial charge in [0, 0.05) is 23.9 Å². The molecule has 4 aromatic rings. The minimum Gasteiger partial charge on any atom is -0.459 e. The van der Waals surface area contributed by atoms with Crippen molar-refractivity contribution in [3.8, 4) is 11.5 Å². The Morgan fingerprint density at radius 2 is 1.03 bits per heavy atom. The summed E-state index contributed by atoms with van der Waals surface area (Å²) in [5.74, 6) is -2.10. The summed E-state index contributed by atoms with van der Waals surface area (Å²) in [5, 5.41) is 18.3. The lowest BCUT2D eigenvalue weighted by atomic mass is 10.2. The van der Waals surface area contributed by atoms with Gasteiger partial charge in [0.05, 0.1) is 34.8 Å². The number of halogens is 4. The number of ether oxygens (including phenoxy) is 3. The summed E-state index contributed by atoms with van der Waals surface area (Å²) in [5.41, 5.74) is 0. The summed E-state index contributed by atoms with van der Waals surface area (Å²) in [7, 11) is 0. The molecular formula is C22H20Cl4N6O3. The largest absolute Gasteiger partial charge is 0.459 e. The van der Waals surface area contributed by atoms with Gasteiger partial charge in [-0.2, -0.15) is 30.0 Å². The summed E-state index contributed by atoms with van der Waals surface area (Å²) < 4.78 is 19.1. The molecule has 0 amide bonds. The highest BCUT2D eigenvalue weighted by Gasteiger charge is 2.42. The zero-order chi connectivity index (χ0) is 25.1. The van der Waals surface area contributed by atoms with Crippen LogP contribution in [-0.4, -0.2) is 41.6 Å². The van der Waals surface area contributed by atoms with E-state index in [4.69, 9.17) is 60.6 Å². The SMILES string of the molecule is CC(Cn1nccn1)(Oc1ccc(Cl)cc1Cl)OC(C)(Cn1nccn1)Oc1ccc(Cl)cc1Cl. The summed E-state index contributed by atoms with van der Waals surface area (Å²) in [6.45, 7) is 3.59. The molecule has 2 unspecified atom stereocenters. The van der Waals surface area contributed by atoms with Crippen molar-refractivity contribution in [2.24, 2.45) is 0 Å². The van der Waals surface area contributed by atoms with Crippen molar-refractivity contribution in [3.05, 3.63) is 81.3 Å². The number of rotatable bonds is 10. The highest BCUT2D eigenvalue weighted by molar-refractivity contribution is 6.36. The fourth-order valence-corrected chi connectivity index (χ4v) is 4.27. The predicted octanol–water partition coefficient (Wildman–Crippen LogP) is 5.79. The summed E-state index contributed by atoms with van der Waals surface area (Å²) in [6, 6.07) is 9.75. The van der Waals surface area contributed by atoms with Gasteiger partial charge in [-0.15, -0.1) is 0 Å². The predicted molar refractivity (Wildman–Crippen MR) is 132 cm³/mol. The average molecular weight is 558 g/mol. The van der Waals surface area contributed by atoms with Crippen LogP contribution in [0.3, 0.4) is 0 Å². The van der Waals surface area contributed by atoms with Crippen molar-refractivity contribution in [2.75, 3.05) is 0 Å². The topological polar surface area (TPSA) is 89.1 Å². The molecule has 0 N–H and O–H groups in total. The van der Waals surface area contributed by atoms with E-state index in [1.165, 1.54) is 9.59 Å². The molecule has 0 aliphatic rings. The van der Waals surface area contributed by atoms with Crippen LogP contribution < -0.4 is 9.47 Å². The molecule has 0 aliphatic heterocycles. The van der Waals surface area contributed by atoms with Crippen molar-refractivity contribution in [2.45, 2.75) is 38.5 Å². The molecule has 0 fully saturated rings. The maximum atomic E-state index is 6.52. The molecule has 9 nitrogen and oxygen atoms in total. The second-order valence-electron chi connectivity index (χ2n) is 7.84. The van der Waals surface area contributed by atoms with Crippen molar-refractivity contribution < 1.29 is 14.2 Å². The van der Waals surface area contributed by atoms with Crippen molar-refractivity contribution in [1.82, 2.24) is 30.0 Å². The van der Waals surface area contributed by atoms with Gasteiger partial charge < -0.3 is 9.47 Å². The third-order valence-electron chi connectivity index (χ3n) is 4.66. The quantitative estimate of drug-likeness (QED) is 0.228. The van der Waals surface area contributed by atoms with Crippen LogP contribution in [0.2, 0.25) is 20.1 Å². The molecule has 0 spiro atoms. The lowest BCUT2D eigenvalue weighted by Crippen LogP contribution is -2.53. The molecule has 0 radical (unpaired) electrons. The monoisotopic (exact) mass is 556 g/mol. The Balaban J connectivity index is 1.70. The Morgan fingerprint density at radius 1 is 0.657 bits per heavy atom.